The number of nitrogens with one attached hydrogen (secondary N) is 2. The van der Waals surface area contributed by atoms with Crippen molar-refractivity contribution in [2.75, 3.05) is 23.7 Å². The molecule has 148 valence electrons. The van der Waals surface area contributed by atoms with Gasteiger partial charge in [-0.3, -0.25) is 9.10 Å². The molecule has 1 amide bonds. The number of rotatable bonds is 8. The highest BCUT2D eigenvalue weighted by atomic mass is 32.2. The summed E-state index contributed by atoms with van der Waals surface area (Å²) in [7, 11) is -3.56. The molecule has 2 aromatic carbocycles. The van der Waals surface area contributed by atoms with E-state index in [9.17, 15) is 13.2 Å². The van der Waals surface area contributed by atoms with Crippen molar-refractivity contribution in [1.29, 1.82) is 0 Å². The first-order chi connectivity index (χ1) is 13.4. The van der Waals surface area contributed by atoms with Gasteiger partial charge in [-0.25, -0.2) is 8.42 Å². The van der Waals surface area contributed by atoms with Gasteiger partial charge in [-0.1, -0.05) is 37.3 Å². The van der Waals surface area contributed by atoms with Crippen LogP contribution >= 0.6 is 0 Å². The smallest absolute Gasteiger partial charge is 0.240 e. The first-order valence-electron chi connectivity index (χ1n) is 9.27. The lowest BCUT2D eigenvalue weighted by Crippen LogP contribution is -2.40. The van der Waals surface area contributed by atoms with E-state index in [1.807, 2.05) is 49.5 Å². The topological polar surface area (TPSA) is 82.3 Å². The van der Waals surface area contributed by atoms with Crippen molar-refractivity contribution in [1.82, 2.24) is 10.3 Å². The minimum Gasteiger partial charge on any atom is -0.361 e. The van der Waals surface area contributed by atoms with Crippen molar-refractivity contribution in [3.05, 3.63) is 65.9 Å². The molecule has 0 bridgehead atoms. The average molecular weight is 400 g/mol. The van der Waals surface area contributed by atoms with Crippen LogP contribution in [0, 0.1) is 0 Å². The number of hydrogen-bond acceptors (Lipinski definition) is 3. The van der Waals surface area contributed by atoms with Crippen LogP contribution in [-0.2, 0) is 27.7 Å². The number of amides is 1. The van der Waals surface area contributed by atoms with Crippen LogP contribution in [0.5, 0.6) is 0 Å². The number of aromatic nitrogens is 1. The van der Waals surface area contributed by atoms with Gasteiger partial charge in [-0.15, -0.1) is 0 Å². The standard InChI is InChI=1S/C21H25N3O3S/c1-3-16-8-10-18(11-9-16)24(28(2,26)27)15-21(25)22-13-12-17-14-23-20-7-5-4-6-19(17)20/h4-11,14,23H,3,12-13,15H2,1-2H3,(H,22,25). The summed E-state index contributed by atoms with van der Waals surface area (Å²) in [4.78, 5) is 15.6. The summed E-state index contributed by atoms with van der Waals surface area (Å²) in [6.45, 7) is 2.23. The number of hydrogen-bond donors (Lipinski definition) is 2. The van der Waals surface area contributed by atoms with Gasteiger partial charge in [0.2, 0.25) is 15.9 Å². The van der Waals surface area contributed by atoms with Gasteiger partial charge < -0.3 is 10.3 Å². The summed E-state index contributed by atoms with van der Waals surface area (Å²) in [6, 6.07) is 15.2. The SMILES string of the molecule is CCc1ccc(N(CC(=O)NCCc2c[nH]c3ccccc23)S(C)(=O)=O)cc1. The third-order valence-corrected chi connectivity index (χ3v) is 5.85. The molecular weight excluding hydrogens is 374 g/mol. The van der Waals surface area contributed by atoms with Crippen LogP contribution in [0.25, 0.3) is 10.9 Å². The number of carbonyl (C=O) groups excluding carboxylic acids is 1. The van der Waals surface area contributed by atoms with Crippen LogP contribution in [0.1, 0.15) is 18.1 Å². The van der Waals surface area contributed by atoms with Crippen molar-refractivity contribution in [3.8, 4) is 0 Å². The summed E-state index contributed by atoms with van der Waals surface area (Å²) in [6.07, 6.45) is 4.59. The number of carbonyl (C=O) groups is 1. The Hall–Kier alpha value is -2.80. The number of nitrogens with zero attached hydrogens (tertiary/aromatic N) is 1. The van der Waals surface area contributed by atoms with Crippen LogP contribution in [0.2, 0.25) is 0 Å². The van der Waals surface area contributed by atoms with E-state index in [4.69, 9.17) is 0 Å². The Balaban J connectivity index is 1.62. The summed E-state index contributed by atoms with van der Waals surface area (Å²) in [5, 5.41) is 3.95. The van der Waals surface area contributed by atoms with E-state index in [-0.39, 0.29) is 12.5 Å². The van der Waals surface area contributed by atoms with Gasteiger partial charge in [0.15, 0.2) is 0 Å². The Labute approximate surface area is 165 Å². The molecule has 0 unspecified atom stereocenters. The van der Waals surface area contributed by atoms with Crippen LogP contribution in [0.15, 0.2) is 54.7 Å². The highest BCUT2D eigenvalue weighted by Crippen LogP contribution is 2.19. The fraction of sp³-hybridized carbons (Fsp3) is 0.286. The Morgan fingerprint density at radius 1 is 1.11 bits per heavy atom. The molecule has 0 aliphatic heterocycles. The Morgan fingerprint density at radius 2 is 1.82 bits per heavy atom. The molecule has 3 rings (SSSR count). The fourth-order valence-electron chi connectivity index (χ4n) is 3.16. The van der Waals surface area contributed by atoms with Gasteiger partial charge in [-0.2, -0.15) is 0 Å². The van der Waals surface area contributed by atoms with Crippen LogP contribution < -0.4 is 9.62 Å². The van der Waals surface area contributed by atoms with Crippen LogP contribution in [0.4, 0.5) is 5.69 Å². The summed E-state index contributed by atoms with van der Waals surface area (Å²) < 4.78 is 25.5. The van der Waals surface area contributed by atoms with Gasteiger partial charge in [0, 0.05) is 23.6 Å². The van der Waals surface area contributed by atoms with Gasteiger partial charge in [0.1, 0.15) is 6.54 Å². The molecule has 7 heteroatoms. The number of anilines is 1. The summed E-state index contributed by atoms with van der Waals surface area (Å²) in [5.74, 6) is -0.329. The van der Waals surface area contributed by atoms with E-state index in [0.29, 0.717) is 18.7 Å². The third-order valence-electron chi connectivity index (χ3n) is 4.71. The predicted molar refractivity (Wildman–Crippen MR) is 113 cm³/mol. The maximum absolute atomic E-state index is 12.4. The van der Waals surface area contributed by atoms with Crippen molar-refractivity contribution < 1.29 is 13.2 Å². The quantitative estimate of drug-likeness (QED) is 0.611. The van der Waals surface area contributed by atoms with E-state index >= 15 is 0 Å². The lowest BCUT2D eigenvalue weighted by Gasteiger charge is -2.22. The number of aromatic amines is 1. The monoisotopic (exact) mass is 399 g/mol. The van der Waals surface area contributed by atoms with Gasteiger partial charge >= 0.3 is 0 Å². The number of H-pyrrole nitrogens is 1. The summed E-state index contributed by atoms with van der Waals surface area (Å²) >= 11 is 0. The molecule has 0 saturated carbocycles. The second-order valence-electron chi connectivity index (χ2n) is 6.75. The zero-order valence-electron chi connectivity index (χ0n) is 16.1. The molecule has 28 heavy (non-hydrogen) atoms. The maximum Gasteiger partial charge on any atom is 0.240 e. The lowest BCUT2D eigenvalue weighted by molar-refractivity contribution is -0.119. The summed E-state index contributed by atoms with van der Waals surface area (Å²) in [5.41, 5.74) is 3.78. The molecule has 0 fully saturated rings. The van der Waals surface area contributed by atoms with Crippen molar-refractivity contribution >= 4 is 32.5 Å². The molecule has 0 atom stereocenters. The van der Waals surface area contributed by atoms with E-state index in [2.05, 4.69) is 10.3 Å². The number of fused-ring (bicyclic) bond motifs is 1. The van der Waals surface area contributed by atoms with E-state index < -0.39 is 10.0 Å². The third kappa shape index (κ3) is 4.72. The highest BCUT2D eigenvalue weighted by Gasteiger charge is 2.20. The van der Waals surface area contributed by atoms with Gasteiger partial charge in [0.05, 0.1) is 11.9 Å². The van der Waals surface area contributed by atoms with Crippen molar-refractivity contribution in [2.45, 2.75) is 19.8 Å². The highest BCUT2D eigenvalue weighted by molar-refractivity contribution is 7.92. The number of benzene rings is 2. The first kappa shape index (κ1) is 19.9. The van der Waals surface area contributed by atoms with Crippen LogP contribution in [-0.4, -0.2) is 38.7 Å². The zero-order valence-corrected chi connectivity index (χ0v) is 16.9. The molecule has 2 N–H and O–H groups in total. The molecule has 0 aliphatic rings. The fourth-order valence-corrected chi connectivity index (χ4v) is 4.02. The molecule has 1 aromatic heterocycles. The Bertz CT molecular complexity index is 1060. The number of sulfonamides is 1. The molecule has 6 nitrogen and oxygen atoms in total. The maximum atomic E-state index is 12.4. The second-order valence-corrected chi connectivity index (χ2v) is 8.66. The normalized spacial score (nSPS) is 11.5. The largest absolute Gasteiger partial charge is 0.361 e. The van der Waals surface area contributed by atoms with Gasteiger partial charge in [0.25, 0.3) is 0 Å². The van der Waals surface area contributed by atoms with E-state index in [1.54, 1.807) is 12.1 Å². The predicted octanol–water partition coefficient (Wildman–Crippen LogP) is 2.86. The molecule has 3 aromatic rings. The lowest BCUT2D eigenvalue weighted by atomic mass is 10.1. The Morgan fingerprint density at radius 3 is 2.50 bits per heavy atom. The minimum absolute atomic E-state index is 0.238. The Kier molecular flexibility index (Phi) is 6.04. The number of para-hydroxylation sites is 1. The molecule has 0 saturated heterocycles. The zero-order chi connectivity index (χ0) is 20.1. The first-order valence-corrected chi connectivity index (χ1v) is 11.1. The molecule has 0 spiro atoms. The van der Waals surface area contributed by atoms with E-state index in [1.165, 1.54) is 0 Å². The second kappa shape index (κ2) is 8.48. The molecule has 0 radical (unpaired) electrons. The van der Waals surface area contributed by atoms with Crippen molar-refractivity contribution in [3.63, 3.8) is 0 Å². The van der Waals surface area contributed by atoms with Crippen LogP contribution in [0.3, 0.4) is 0 Å². The van der Waals surface area contributed by atoms with Crippen molar-refractivity contribution in [2.24, 2.45) is 0 Å². The molecular formula is C21H25N3O3S. The average Bonchev–Trinajstić information content (AvgIpc) is 3.09. The van der Waals surface area contributed by atoms with Gasteiger partial charge in [-0.05, 0) is 42.2 Å². The minimum atomic E-state index is -3.56. The molecule has 0 aliphatic carbocycles. The number of aryl methyl sites for hydroxylation is 1. The molecule has 1 heterocycles. The van der Waals surface area contributed by atoms with E-state index in [0.717, 1.165) is 39.0 Å².